The van der Waals surface area contributed by atoms with Crippen LogP contribution in [0.3, 0.4) is 0 Å². The number of para-hydroxylation sites is 1. The molecule has 1 atom stereocenters. The van der Waals surface area contributed by atoms with Crippen LogP contribution in [0.25, 0.3) is 0 Å². The van der Waals surface area contributed by atoms with Crippen LogP contribution >= 0.6 is 0 Å². The maximum atomic E-state index is 5.83. The molecule has 1 rings (SSSR count). The molecule has 2 N–H and O–H groups in total. The second-order valence-corrected chi connectivity index (χ2v) is 3.18. The van der Waals surface area contributed by atoms with Gasteiger partial charge in [-0.05, 0) is 18.9 Å². The third-order valence-corrected chi connectivity index (χ3v) is 2.20. The van der Waals surface area contributed by atoms with Crippen LogP contribution in [0.5, 0.6) is 5.75 Å². The average Bonchev–Trinajstić information content (AvgIpc) is 2.16. The van der Waals surface area contributed by atoms with E-state index in [-0.39, 0.29) is 6.04 Å². The molecule has 0 fully saturated rings. The van der Waals surface area contributed by atoms with Crippen LogP contribution in [-0.4, -0.2) is 7.11 Å². The van der Waals surface area contributed by atoms with Crippen LogP contribution in [0.15, 0.2) is 18.2 Å². The average molecular weight is 179 g/mol. The molecular formula is C11H17NO. The van der Waals surface area contributed by atoms with Crippen LogP contribution in [-0.2, 0) is 6.42 Å². The Balaban J connectivity index is 3.19. The summed E-state index contributed by atoms with van der Waals surface area (Å²) in [5, 5.41) is 0. The number of aryl methyl sites for hydroxylation is 1. The van der Waals surface area contributed by atoms with Gasteiger partial charge in [-0.2, -0.15) is 0 Å². The first-order valence-electron chi connectivity index (χ1n) is 4.62. The van der Waals surface area contributed by atoms with Crippen molar-refractivity contribution in [3.63, 3.8) is 0 Å². The molecule has 0 bridgehead atoms. The molecule has 0 heterocycles. The first-order chi connectivity index (χ1) is 6.20. The Morgan fingerprint density at radius 2 is 2.15 bits per heavy atom. The molecule has 0 saturated heterocycles. The van der Waals surface area contributed by atoms with E-state index in [0.29, 0.717) is 0 Å². The molecule has 2 heteroatoms. The highest BCUT2D eigenvalue weighted by atomic mass is 16.5. The van der Waals surface area contributed by atoms with E-state index in [0.717, 1.165) is 17.7 Å². The normalized spacial score (nSPS) is 12.6. The molecule has 0 radical (unpaired) electrons. The van der Waals surface area contributed by atoms with Crippen molar-refractivity contribution in [2.75, 3.05) is 7.11 Å². The van der Waals surface area contributed by atoms with Gasteiger partial charge < -0.3 is 10.5 Å². The second kappa shape index (κ2) is 4.28. The highest BCUT2D eigenvalue weighted by Gasteiger charge is 2.09. The summed E-state index contributed by atoms with van der Waals surface area (Å²) in [5.41, 5.74) is 8.14. The lowest BCUT2D eigenvalue weighted by Gasteiger charge is -2.14. The summed E-state index contributed by atoms with van der Waals surface area (Å²) in [7, 11) is 1.69. The number of ether oxygens (including phenoxy) is 1. The van der Waals surface area contributed by atoms with Crippen LogP contribution in [0.1, 0.15) is 31.0 Å². The van der Waals surface area contributed by atoms with Gasteiger partial charge in [0, 0.05) is 11.6 Å². The van der Waals surface area contributed by atoms with Gasteiger partial charge in [-0.3, -0.25) is 0 Å². The maximum absolute atomic E-state index is 5.83. The lowest BCUT2D eigenvalue weighted by molar-refractivity contribution is 0.402. The van der Waals surface area contributed by atoms with Crippen LogP contribution < -0.4 is 10.5 Å². The quantitative estimate of drug-likeness (QED) is 0.772. The molecule has 0 aliphatic carbocycles. The van der Waals surface area contributed by atoms with Gasteiger partial charge in [0.25, 0.3) is 0 Å². The van der Waals surface area contributed by atoms with E-state index in [9.17, 15) is 0 Å². The van der Waals surface area contributed by atoms with E-state index in [2.05, 4.69) is 13.0 Å². The SMILES string of the molecule is CCc1cccc(C(C)N)c1OC. The van der Waals surface area contributed by atoms with Crippen molar-refractivity contribution in [3.8, 4) is 5.75 Å². The van der Waals surface area contributed by atoms with Gasteiger partial charge >= 0.3 is 0 Å². The molecule has 1 aromatic rings. The molecule has 0 aromatic heterocycles. The number of nitrogens with two attached hydrogens (primary N) is 1. The van der Waals surface area contributed by atoms with E-state index in [1.807, 2.05) is 19.1 Å². The molecule has 0 aliphatic rings. The predicted octanol–water partition coefficient (Wildman–Crippen LogP) is 2.28. The predicted molar refractivity (Wildman–Crippen MR) is 55.0 cm³/mol. The highest BCUT2D eigenvalue weighted by molar-refractivity contribution is 5.43. The summed E-state index contributed by atoms with van der Waals surface area (Å²) in [6.07, 6.45) is 0.976. The minimum absolute atomic E-state index is 0.0291. The largest absolute Gasteiger partial charge is 0.496 e. The minimum atomic E-state index is 0.0291. The van der Waals surface area contributed by atoms with Crippen LogP contribution in [0.2, 0.25) is 0 Å². The zero-order chi connectivity index (χ0) is 9.84. The number of hydrogen-bond acceptors (Lipinski definition) is 2. The molecule has 1 aromatic carbocycles. The number of rotatable bonds is 3. The van der Waals surface area contributed by atoms with Gasteiger partial charge in [0.1, 0.15) is 5.75 Å². The van der Waals surface area contributed by atoms with Gasteiger partial charge in [0.15, 0.2) is 0 Å². The third-order valence-electron chi connectivity index (χ3n) is 2.20. The van der Waals surface area contributed by atoms with Crippen molar-refractivity contribution < 1.29 is 4.74 Å². The van der Waals surface area contributed by atoms with Crippen LogP contribution in [0.4, 0.5) is 0 Å². The Bertz CT molecular complexity index is 281. The fourth-order valence-corrected chi connectivity index (χ4v) is 1.49. The second-order valence-electron chi connectivity index (χ2n) is 3.18. The minimum Gasteiger partial charge on any atom is -0.496 e. The first-order valence-corrected chi connectivity index (χ1v) is 4.62. The molecule has 0 spiro atoms. The Morgan fingerprint density at radius 1 is 1.46 bits per heavy atom. The van der Waals surface area contributed by atoms with Crippen LogP contribution in [0, 0.1) is 0 Å². The van der Waals surface area contributed by atoms with Gasteiger partial charge in [0.05, 0.1) is 7.11 Å². The summed E-state index contributed by atoms with van der Waals surface area (Å²) in [4.78, 5) is 0. The Morgan fingerprint density at radius 3 is 2.62 bits per heavy atom. The number of benzene rings is 1. The standard InChI is InChI=1S/C11H17NO/c1-4-9-6-5-7-10(8(2)12)11(9)13-3/h5-8H,4,12H2,1-3H3. The molecule has 0 aliphatic heterocycles. The van der Waals surface area contributed by atoms with Crippen molar-refractivity contribution in [3.05, 3.63) is 29.3 Å². The van der Waals surface area contributed by atoms with E-state index >= 15 is 0 Å². The first kappa shape index (κ1) is 10.1. The fraction of sp³-hybridized carbons (Fsp3) is 0.455. The summed E-state index contributed by atoms with van der Waals surface area (Å²) in [5.74, 6) is 0.944. The highest BCUT2D eigenvalue weighted by Crippen LogP contribution is 2.27. The zero-order valence-corrected chi connectivity index (χ0v) is 8.50. The van der Waals surface area contributed by atoms with Crippen molar-refractivity contribution in [2.45, 2.75) is 26.3 Å². The summed E-state index contributed by atoms with van der Waals surface area (Å²) < 4.78 is 5.35. The van der Waals surface area contributed by atoms with Crippen molar-refractivity contribution in [2.24, 2.45) is 5.73 Å². The van der Waals surface area contributed by atoms with Gasteiger partial charge in [-0.25, -0.2) is 0 Å². The molecular weight excluding hydrogens is 162 g/mol. The van der Waals surface area contributed by atoms with Crippen molar-refractivity contribution >= 4 is 0 Å². The fourth-order valence-electron chi connectivity index (χ4n) is 1.49. The molecule has 0 amide bonds. The van der Waals surface area contributed by atoms with Crippen molar-refractivity contribution in [1.29, 1.82) is 0 Å². The lowest BCUT2D eigenvalue weighted by atomic mass is 10.0. The van der Waals surface area contributed by atoms with Crippen molar-refractivity contribution in [1.82, 2.24) is 0 Å². The van der Waals surface area contributed by atoms with Gasteiger partial charge in [0.2, 0.25) is 0 Å². The topological polar surface area (TPSA) is 35.2 Å². The molecule has 72 valence electrons. The molecule has 2 nitrogen and oxygen atoms in total. The van der Waals surface area contributed by atoms with E-state index < -0.39 is 0 Å². The number of hydrogen-bond donors (Lipinski definition) is 1. The Kier molecular flexibility index (Phi) is 3.32. The molecule has 0 saturated carbocycles. The smallest absolute Gasteiger partial charge is 0.126 e. The van der Waals surface area contributed by atoms with Gasteiger partial charge in [-0.1, -0.05) is 25.1 Å². The van der Waals surface area contributed by atoms with E-state index in [1.165, 1.54) is 5.56 Å². The summed E-state index contributed by atoms with van der Waals surface area (Å²) in [6.45, 7) is 4.08. The molecule has 1 unspecified atom stereocenters. The maximum Gasteiger partial charge on any atom is 0.126 e. The van der Waals surface area contributed by atoms with E-state index in [4.69, 9.17) is 10.5 Å². The van der Waals surface area contributed by atoms with Gasteiger partial charge in [-0.15, -0.1) is 0 Å². The number of methoxy groups -OCH3 is 1. The summed E-state index contributed by atoms with van der Waals surface area (Å²) >= 11 is 0. The zero-order valence-electron chi connectivity index (χ0n) is 8.50. The Hall–Kier alpha value is -1.02. The monoisotopic (exact) mass is 179 g/mol. The van der Waals surface area contributed by atoms with E-state index in [1.54, 1.807) is 7.11 Å². The Labute approximate surface area is 79.7 Å². The third kappa shape index (κ3) is 2.01. The summed E-state index contributed by atoms with van der Waals surface area (Å²) in [6, 6.07) is 6.15. The molecule has 13 heavy (non-hydrogen) atoms. The lowest BCUT2D eigenvalue weighted by Crippen LogP contribution is -2.08.